The maximum atomic E-state index is 11.6. The molecule has 0 aromatic rings. The number of allylic oxidation sites excluding steroid dienone is 2. The summed E-state index contributed by atoms with van der Waals surface area (Å²) in [5.41, 5.74) is 1.16. The molecule has 0 saturated heterocycles. The van der Waals surface area contributed by atoms with E-state index in [9.17, 15) is 4.79 Å². The second-order valence-corrected chi connectivity index (χ2v) is 4.02. The largest absolute Gasteiger partial charge is 0.483 e. The van der Waals surface area contributed by atoms with Crippen molar-refractivity contribution in [2.75, 3.05) is 6.61 Å². The van der Waals surface area contributed by atoms with Gasteiger partial charge >= 0.3 is 5.97 Å². The predicted octanol–water partition coefficient (Wildman–Crippen LogP) is 3.21. The van der Waals surface area contributed by atoms with Crippen LogP contribution in [-0.4, -0.2) is 18.7 Å². The number of carbonyl (C=O) groups is 1. The third-order valence-corrected chi connectivity index (χ3v) is 1.66. The third-order valence-electron chi connectivity index (χ3n) is 1.66. The molecule has 0 aliphatic carbocycles. The highest BCUT2D eigenvalue weighted by atomic mass is 16.6. The number of hydrogen-bond donors (Lipinski definition) is 0. The first-order valence-corrected chi connectivity index (χ1v) is 5.64. The molecule has 0 saturated carbocycles. The quantitative estimate of drug-likeness (QED) is 0.302. The van der Waals surface area contributed by atoms with E-state index in [0.717, 1.165) is 12.0 Å². The van der Waals surface area contributed by atoms with Gasteiger partial charge in [-0.25, -0.2) is 4.79 Å². The van der Waals surface area contributed by atoms with Gasteiger partial charge in [0.05, 0.1) is 6.10 Å². The van der Waals surface area contributed by atoms with Crippen molar-refractivity contribution in [2.24, 2.45) is 0 Å². The van der Waals surface area contributed by atoms with E-state index in [-0.39, 0.29) is 12.1 Å². The van der Waals surface area contributed by atoms with Crippen LogP contribution in [0.2, 0.25) is 0 Å². The Morgan fingerprint density at radius 1 is 1.25 bits per heavy atom. The van der Waals surface area contributed by atoms with Crippen LogP contribution in [0.5, 0.6) is 0 Å². The molecule has 0 aliphatic heterocycles. The van der Waals surface area contributed by atoms with E-state index in [1.807, 2.05) is 40.7 Å². The Morgan fingerprint density at radius 2 is 1.88 bits per heavy atom. The lowest BCUT2D eigenvalue weighted by Gasteiger charge is -2.11. The van der Waals surface area contributed by atoms with E-state index in [2.05, 4.69) is 0 Å². The first-order valence-electron chi connectivity index (χ1n) is 5.64. The van der Waals surface area contributed by atoms with Crippen LogP contribution in [0, 0.1) is 0 Å². The summed E-state index contributed by atoms with van der Waals surface area (Å²) in [5.74, 6) is -0.0901. The molecule has 0 atom stereocenters. The summed E-state index contributed by atoms with van der Waals surface area (Å²) in [6.45, 7) is 9.96. The highest BCUT2D eigenvalue weighted by Crippen LogP contribution is 2.05. The van der Waals surface area contributed by atoms with Crippen LogP contribution in [0.4, 0.5) is 0 Å². The monoisotopic (exact) mass is 226 g/mol. The van der Waals surface area contributed by atoms with E-state index in [1.165, 1.54) is 0 Å². The van der Waals surface area contributed by atoms with Crippen LogP contribution in [-0.2, 0) is 14.3 Å². The SMILES string of the molecule is CC/C=C(\OCC=C(C)C)C(=O)OC(C)C. The Bertz CT molecular complexity index is 271. The molecule has 0 aromatic carbocycles. The second-order valence-electron chi connectivity index (χ2n) is 4.02. The van der Waals surface area contributed by atoms with Crippen LogP contribution < -0.4 is 0 Å². The fourth-order valence-corrected chi connectivity index (χ4v) is 0.957. The van der Waals surface area contributed by atoms with Gasteiger partial charge in [-0.15, -0.1) is 0 Å². The highest BCUT2D eigenvalue weighted by molar-refractivity contribution is 5.86. The van der Waals surface area contributed by atoms with Gasteiger partial charge in [-0.2, -0.15) is 0 Å². The van der Waals surface area contributed by atoms with Gasteiger partial charge in [0, 0.05) is 0 Å². The summed E-state index contributed by atoms with van der Waals surface area (Å²) in [7, 11) is 0. The molecule has 0 aromatic heterocycles. The Labute approximate surface area is 98.1 Å². The molecule has 0 amide bonds. The van der Waals surface area contributed by atoms with Crippen molar-refractivity contribution < 1.29 is 14.3 Å². The lowest BCUT2D eigenvalue weighted by molar-refractivity contribution is -0.146. The highest BCUT2D eigenvalue weighted by Gasteiger charge is 2.13. The summed E-state index contributed by atoms with van der Waals surface area (Å²) in [5, 5.41) is 0. The maximum Gasteiger partial charge on any atom is 0.373 e. The van der Waals surface area contributed by atoms with Crippen molar-refractivity contribution in [1.29, 1.82) is 0 Å². The average Bonchev–Trinajstić information content (AvgIpc) is 2.14. The van der Waals surface area contributed by atoms with Crippen molar-refractivity contribution >= 4 is 5.97 Å². The standard InChI is InChI=1S/C13H22O3/c1-6-7-12(13(14)16-11(4)5)15-9-8-10(2)3/h7-8,11H,6,9H2,1-5H3/b12-7-. The molecule has 0 heterocycles. The van der Waals surface area contributed by atoms with E-state index >= 15 is 0 Å². The summed E-state index contributed by atoms with van der Waals surface area (Å²) < 4.78 is 10.4. The summed E-state index contributed by atoms with van der Waals surface area (Å²) in [6.07, 6.45) is 4.28. The van der Waals surface area contributed by atoms with Gasteiger partial charge in [-0.05, 0) is 46.3 Å². The zero-order valence-electron chi connectivity index (χ0n) is 10.9. The van der Waals surface area contributed by atoms with Crippen molar-refractivity contribution in [3.63, 3.8) is 0 Å². The smallest absolute Gasteiger partial charge is 0.373 e. The lowest BCUT2D eigenvalue weighted by atomic mass is 10.3. The van der Waals surface area contributed by atoms with Crippen LogP contribution in [0.25, 0.3) is 0 Å². The zero-order chi connectivity index (χ0) is 12.6. The van der Waals surface area contributed by atoms with Crippen LogP contribution in [0.15, 0.2) is 23.5 Å². The van der Waals surface area contributed by atoms with Gasteiger partial charge in [0.15, 0.2) is 0 Å². The Hall–Kier alpha value is -1.25. The van der Waals surface area contributed by atoms with Gasteiger partial charge in [0.1, 0.15) is 6.61 Å². The zero-order valence-corrected chi connectivity index (χ0v) is 10.9. The third kappa shape index (κ3) is 7.10. The maximum absolute atomic E-state index is 11.6. The number of hydrogen-bond acceptors (Lipinski definition) is 3. The van der Waals surface area contributed by atoms with Gasteiger partial charge in [-0.3, -0.25) is 0 Å². The molecular weight excluding hydrogens is 204 g/mol. The fraction of sp³-hybridized carbons (Fsp3) is 0.615. The summed E-state index contributed by atoms with van der Waals surface area (Å²) in [6, 6.07) is 0. The van der Waals surface area contributed by atoms with Crippen molar-refractivity contribution in [3.8, 4) is 0 Å². The van der Waals surface area contributed by atoms with Crippen LogP contribution in [0.3, 0.4) is 0 Å². The second kappa shape index (κ2) is 7.97. The molecule has 0 aliphatic rings. The molecule has 0 radical (unpaired) electrons. The molecule has 3 heteroatoms. The van der Waals surface area contributed by atoms with Crippen molar-refractivity contribution in [1.82, 2.24) is 0 Å². The molecule has 0 fully saturated rings. The van der Waals surface area contributed by atoms with Crippen molar-refractivity contribution in [3.05, 3.63) is 23.5 Å². The number of rotatable bonds is 6. The number of carbonyl (C=O) groups excluding carboxylic acids is 1. The number of ether oxygens (including phenoxy) is 2. The number of esters is 1. The molecule has 0 rings (SSSR count). The minimum atomic E-state index is -0.390. The molecular formula is C13H22O3. The Kier molecular flexibility index (Phi) is 7.34. The normalized spacial score (nSPS) is 11.2. The van der Waals surface area contributed by atoms with Crippen LogP contribution >= 0.6 is 0 Å². The van der Waals surface area contributed by atoms with E-state index in [1.54, 1.807) is 6.08 Å². The molecule has 16 heavy (non-hydrogen) atoms. The van der Waals surface area contributed by atoms with E-state index in [0.29, 0.717) is 12.4 Å². The molecule has 0 spiro atoms. The van der Waals surface area contributed by atoms with Crippen molar-refractivity contribution in [2.45, 2.75) is 47.1 Å². The lowest BCUT2D eigenvalue weighted by Crippen LogP contribution is -2.15. The van der Waals surface area contributed by atoms with Gasteiger partial charge < -0.3 is 9.47 Å². The fourth-order valence-electron chi connectivity index (χ4n) is 0.957. The molecule has 3 nitrogen and oxygen atoms in total. The van der Waals surface area contributed by atoms with E-state index in [4.69, 9.17) is 9.47 Å². The van der Waals surface area contributed by atoms with Gasteiger partial charge in [0.25, 0.3) is 0 Å². The minimum absolute atomic E-state index is 0.125. The molecule has 0 N–H and O–H groups in total. The Balaban J connectivity index is 4.34. The van der Waals surface area contributed by atoms with E-state index < -0.39 is 0 Å². The minimum Gasteiger partial charge on any atom is -0.483 e. The first kappa shape index (κ1) is 14.8. The summed E-state index contributed by atoms with van der Waals surface area (Å²) in [4.78, 5) is 11.6. The Morgan fingerprint density at radius 3 is 2.31 bits per heavy atom. The van der Waals surface area contributed by atoms with Crippen LogP contribution in [0.1, 0.15) is 41.0 Å². The average molecular weight is 226 g/mol. The summed E-state index contributed by atoms with van der Waals surface area (Å²) >= 11 is 0. The van der Waals surface area contributed by atoms with Gasteiger partial charge in [-0.1, -0.05) is 12.5 Å². The molecule has 0 bridgehead atoms. The molecule has 0 unspecified atom stereocenters. The predicted molar refractivity (Wildman–Crippen MR) is 65.0 cm³/mol. The first-order chi connectivity index (χ1) is 7.47. The molecule has 92 valence electrons. The van der Waals surface area contributed by atoms with Gasteiger partial charge in [0.2, 0.25) is 5.76 Å². The topological polar surface area (TPSA) is 35.5 Å².